The molecule has 7 heteroatoms. The second-order valence-electron chi connectivity index (χ2n) is 3.61. The molecule has 0 bridgehead atoms. The van der Waals surface area contributed by atoms with Gasteiger partial charge in [-0.15, -0.1) is 0 Å². The molecule has 0 radical (unpaired) electrons. The summed E-state index contributed by atoms with van der Waals surface area (Å²) in [6, 6.07) is 3.86. The van der Waals surface area contributed by atoms with Crippen LogP contribution in [0.4, 0.5) is 8.78 Å². The highest BCUT2D eigenvalue weighted by molar-refractivity contribution is 9.10. The lowest BCUT2D eigenvalue weighted by molar-refractivity contribution is 0.0620. The van der Waals surface area contributed by atoms with Gasteiger partial charge in [0.2, 0.25) is 0 Å². The summed E-state index contributed by atoms with van der Waals surface area (Å²) in [4.78, 5) is 23.4. The van der Waals surface area contributed by atoms with Crippen LogP contribution in [0.3, 0.4) is 0 Å². The van der Waals surface area contributed by atoms with E-state index in [4.69, 9.17) is 5.11 Å². The van der Waals surface area contributed by atoms with E-state index in [0.29, 0.717) is 4.47 Å². The molecule has 18 heavy (non-hydrogen) atoms. The second kappa shape index (κ2) is 5.90. The lowest BCUT2D eigenvalue weighted by atomic mass is 10.1. The molecule has 1 aromatic carbocycles. The maximum absolute atomic E-state index is 12.2. The van der Waals surface area contributed by atoms with Gasteiger partial charge in [0.05, 0.1) is 12.1 Å². The van der Waals surface area contributed by atoms with E-state index in [1.165, 1.54) is 19.2 Å². The van der Waals surface area contributed by atoms with E-state index >= 15 is 0 Å². The van der Waals surface area contributed by atoms with E-state index in [1.54, 1.807) is 0 Å². The third-order valence-corrected chi connectivity index (χ3v) is 2.61. The molecule has 1 rings (SSSR count). The van der Waals surface area contributed by atoms with Crippen LogP contribution < -0.4 is 0 Å². The number of halogens is 3. The molecule has 4 nitrogen and oxygen atoms in total. The number of rotatable bonds is 4. The lowest BCUT2D eigenvalue weighted by Gasteiger charge is -2.16. The quantitative estimate of drug-likeness (QED) is 0.926. The highest BCUT2D eigenvalue weighted by Gasteiger charge is 2.17. The van der Waals surface area contributed by atoms with E-state index in [0.717, 1.165) is 11.0 Å². The van der Waals surface area contributed by atoms with Crippen molar-refractivity contribution in [3.63, 3.8) is 0 Å². The van der Waals surface area contributed by atoms with E-state index in [-0.39, 0.29) is 11.1 Å². The molecule has 0 aromatic heterocycles. The second-order valence-corrected chi connectivity index (χ2v) is 4.53. The first-order valence-corrected chi connectivity index (χ1v) is 5.68. The van der Waals surface area contributed by atoms with E-state index in [9.17, 15) is 18.4 Å². The molecular weight excluding hydrogens is 312 g/mol. The monoisotopic (exact) mass is 321 g/mol. The summed E-state index contributed by atoms with van der Waals surface area (Å²) >= 11 is 3.07. The van der Waals surface area contributed by atoms with Crippen LogP contribution in [0, 0.1) is 0 Å². The first kappa shape index (κ1) is 14.6. The van der Waals surface area contributed by atoms with Crippen molar-refractivity contribution >= 4 is 27.8 Å². The molecule has 0 fully saturated rings. The van der Waals surface area contributed by atoms with Crippen LogP contribution >= 0.6 is 15.9 Å². The van der Waals surface area contributed by atoms with Crippen molar-refractivity contribution in [1.82, 2.24) is 4.90 Å². The molecule has 1 N–H and O–H groups in total. The highest BCUT2D eigenvalue weighted by Crippen LogP contribution is 2.17. The van der Waals surface area contributed by atoms with Gasteiger partial charge in [-0.1, -0.05) is 15.9 Å². The number of amides is 1. The van der Waals surface area contributed by atoms with Crippen LogP contribution in [-0.2, 0) is 0 Å². The number of benzene rings is 1. The maximum atomic E-state index is 12.2. The van der Waals surface area contributed by atoms with E-state index in [1.807, 2.05) is 0 Å². The number of aromatic carboxylic acids is 1. The molecule has 1 aromatic rings. The number of carboxylic acid groups (broad SMARTS) is 1. The van der Waals surface area contributed by atoms with E-state index in [2.05, 4.69) is 15.9 Å². The zero-order chi connectivity index (χ0) is 13.9. The Labute approximate surface area is 110 Å². The Morgan fingerprint density at radius 3 is 2.39 bits per heavy atom. The maximum Gasteiger partial charge on any atom is 0.335 e. The number of carbonyl (C=O) groups is 2. The molecular formula is C11H10BrF2NO3. The topological polar surface area (TPSA) is 57.6 Å². The van der Waals surface area contributed by atoms with Gasteiger partial charge in [-0.25, -0.2) is 13.6 Å². The van der Waals surface area contributed by atoms with Gasteiger partial charge in [-0.05, 0) is 18.2 Å². The first-order chi connectivity index (χ1) is 8.31. The predicted molar refractivity (Wildman–Crippen MR) is 64.1 cm³/mol. The number of hydrogen-bond donors (Lipinski definition) is 1. The molecule has 0 saturated carbocycles. The number of carboxylic acids is 1. The van der Waals surface area contributed by atoms with E-state index < -0.39 is 24.8 Å². The van der Waals surface area contributed by atoms with Crippen molar-refractivity contribution in [2.45, 2.75) is 6.43 Å². The molecule has 0 atom stereocenters. The van der Waals surface area contributed by atoms with Gasteiger partial charge in [0.1, 0.15) is 0 Å². The minimum atomic E-state index is -2.63. The summed E-state index contributed by atoms with van der Waals surface area (Å²) in [5, 5.41) is 8.83. The number of alkyl halides is 2. The smallest absolute Gasteiger partial charge is 0.335 e. The van der Waals surface area contributed by atoms with Crippen molar-refractivity contribution in [2.75, 3.05) is 13.6 Å². The average Bonchev–Trinajstić information content (AvgIpc) is 2.26. The zero-order valence-corrected chi connectivity index (χ0v) is 10.9. The van der Waals surface area contributed by atoms with Crippen LogP contribution in [0.2, 0.25) is 0 Å². The SMILES string of the molecule is CN(CC(F)F)C(=O)c1cc(Br)cc(C(=O)O)c1. The summed E-state index contributed by atoms with van der Waals surface area (Å²) in [6.07, 6.45) is -2.63. The van der Waals surface area contributed by atoms with Crippen LogP contribution in [-0.4, -0.2) is 41.9 Å². The van der Waals surface area contributed by atoms with Crippen LogP contribution in [0.25, 0.3) is 0 Å². The summed E-state index contributed by atoms with van der Waals surface area (Å²) in [5.41, 5.74) is -0.0388. The predicted octanol–water partition coefficient (Wildman–Crippen LogP) is 2.48. The van der Waals surface area contributed by atoms with Gasteiger partial charge < -0.3 is 10.0 Å². The van der Waals surface area contributed by atoms with Crippen LogP contribution in [0.5, 0.6) is 0 Å². The van der Waals surface area contributed by atoms with Crippen molar-refractivity contribution in [3.05, 3.63) is 33.8 Å². The van der Waals surface area contributed by atoms with Crippen LogP contribution in [0.15, 0.2) is 22.7 Å². The summed E-state index contributed by atoms with van der Waals surface area (Å²) in [5.74, 6) is -1.85. The van der Waals surface area contributed by atoms with Crippen molar-refractivity contribution in [2.24, 2.45) is 0 Å². The largest absolute Gasteiger partial charge is 0.478 e. The molecule has 0 saturated heterocycles. The fourth-order valence-electron chi connectivity index (χ4n) is 1.35. The Bertz CT molecular complexity index is 479. The average molecular weight is 322 g/mol. The van der Waals surface area contributed by atoms with Crippen LogP contribution in [0.1, 0.15) is 20.7 Å². The highest BCUT2D eigenvalue weighted by atomic mass is 79.9. The minimum Gasteiger partial charge on any atom is -0.478 e. The summed E-state index contributed by atoms with van der Waals surface area (Å²) in [6.45, 7) is -0.701. The fourth-order valence-corrected chi connectivity index (χ4v) is 1.84. The third-order valence-electron chi connectivity index (χ3n) is 2.15. The number of hydrogen-bond acceptors (Lipinski definition) is 2. The van der Waals surface area contributed by atoms with Gasteiger partial charge in [-0.2, -0.15) is 0 Å². The molecule has 0 aliphatic heterocycles. The van der Waals surface area contributed by atoms with Gasteiger partial charge in [0, 0.05) is 17.1 Å². The Morgan fingerprint density at radius 2 is 1.89 bits per heavy atom. The van der Waals surface area contributed by atoms with Gasteiger partial charge >= 0.3 is 5.97 Å². The molecule has 1 amide bonds. The lowest BCUT2D eigenvalue weighted by Crippen LogP contribution is -2.31. The van der Waals surface area contributed by atoms with Gasteiger partial charge in [0.15, 0.2) is 0 Å². The summed E-state index contributed by atoms with van der Waals surface area (Å²) < 4.78 is 24.7. The molecule has 0 unspecified atom stereocenters. The molecule has 98 valence electrons. The normalized spacial score (nSPS) is 10.5. The fraction of sp³-hybridized carbons (Fsp3) is 0.273. The number of carbonyl (C=O) groups excluding carboxylic acids is 1. The molecule has 0 aliphatic carbocycles. The zero-order valence-electron chi connectivity index (χ0n) is 9.36. The van der Waals surface area contributed by atoms with Crippen molar-refractivity contribution < 1.29 is 23.5 Å². The van der Waals surface area contributed by atoms with Gasteiger partial charge in [0.25, 0.3) is 12.3 Å². The summed E-state index contributed by atoms with van der Waals surface area (Å²) in [7, 11) is 1.23. The van der Waals surface area contributed by atoms with Crippen molar-refractivity contribution in [1.29, 1.82) is 0 Å². The first-order valence-electron chi connectivity index (χ1n) is 4.88. The Hall–Kier alpha value is -1.50. The van der Waals surface area contributed by atoms with Crippen molar-refractivity contribution in [3.8, 4) is 0 Å². The molecule has 0 spiro atoms. The Kier molecular flexibility index (Phi) is 4.77. The molecule has 0 heterocycles. The van der Waals surface area contributed by atoms with Gasteiger partial charge in [-0.3, -0.25) is 4.79 Å². The Morgan fingerprint density at radius 1 is 1.33 bits per heavy atom. The third kappa shape index (κ3) is 3.76. The Balaban J connectivity index is 3.02. The number of nitrogens with zero attached hydrogens (tertiary/aromatic N) is 1. The minimum absolute atomic E-state index is 0.0462. The molecule has 0 aliphatic rings. The standard InChI is InChI=1S/C11H10BrF2NO3/c1-15(5-9(13)14)10(16)6-2-7(11(17)18)4-8(12)3-6/h2-4,9H,5H2,1H3,(H,17,18).